The minimum atomic E-state index is -4.81. The quantitative estimate of drug-likeness (QED) is 0.451. The first kappa shape index (κ1) is 21.3. The molecule has 4 N–H and O–H groups in total. The summed E-state index contributed by atoms with van der Waals surface area (Å²) in [5, 5.41) is 6.28. The van der Waals surface area contributed by atoms with E-state index in [4.69, 9.17) is 11.1 Å². The molecule has 0 amide bonds. The van der Waals surface area contributed by atoms with Gasteiger partial charge < -0.3 is 20.3 Å². The van der Waals surface area contributed by atoms with E-state index in [0.29, 0.717) is 30.4 Å². The molecule has 2 aromatic heterocycles. The van der Waals surface area contributed by atoms with Gasteiger partial charge in [-0.3, -0.25) is 5.41 Å². The third kappa shape index (κ3) is 4.88. The molecular formula is C21H21F3N7O+. The minimum absolute atomic E-state index is 0.232. The predicted octanol–water partition coefficient (Wildman–Crippen LogP) is 1.28. The van der Waals surface area contributed by atoms with Crippen LogP contribution < -0.4 is 25.7 Å². The number of piperazine rings is 1. The SMILES string of the molecule is Nc1ccc(OC(F)(F)F)cc1C(=[NH2+])c1ccnc(N2CCN(c3ncccn3)CC2)c1. The Bertz CT molecular complexity index is 1100. The molecule has 4 rings (SSSR count). The van der Waals surface area contributed by atoms with E-state index >= 15 is 0 Å². The van der Waals surface area contributed by atoms with Gasteiger partial charge in [0.1, 0.15) is 11.6 Å². The summed E-state index contributed by atoms with van der Waals surface area (Å²) < 4.78 is 41.7. The number of ether oxygens (including phenoxy) is 1. The first-order valence-electron chi connectivity index (χ1n) is 9.81. The lowest BCUT2D eigenvalue weighted by atomic mass is 10.0. The Balaban J connectivity index is 1.50. The van der Waals surface area contributed by atoms with Crippen molar-refractivity contribution >= 4 is 23.2 Å². The highest BCUT2D eigenvalue weighted by molar-refractivity contribution is 6.12. The lowest BCUT2D eigenvalue weighted by Crippen LogP contribution is -2.47. The van der Waals surface area contributed by atoms with E-state index in [1.165, 1.54) is 12.1 Å². The van der Waals surface area contributed by atoms with Crippen molar-refractivity contribution in [1.82, 2.24) is 15.0 Å². The van der Waals surface area contributed by atoms with Crippen LogP contribution in [0.4, 0.5) is 30.6 Å². The van der Waals surface area contributed by atoms with Crippen LogP contribution in [0.1, 0.15) is 11.1 Å². The van der Waals surface area contributed by atoms with Gasteiger partial charge in [0.15, 0.2) is 0 Å². The van der Waals surface area contributed by atoms with Gasteiger partial charge in [-0.1, -0.05) is 0 Å². The Hall–Kier alpha value is -3.89. The average molecular weight is 444 g/mol. The largest absolute Gasteiger partial charge is 0.573 e. The molecule has 1 aromatic carbocycles. The highest BCUT2D eigenvalue weighted by Gasteiger charge is 2.31. The number of anilines is 3. The van der Waals surface area contributed by atoms with E-state index in [2.05, 4.69) is 29.5 Å². The number of nitrogens with two attached hydrogens (primary N) is 2. The van der Waals surface area contributed by atoms with Crippen molar-refractivity contribution in [2.45, 2.75) is 6.36 Å². The maximum atomic E-state index is 12.6. The molecule has 1 aliphatic rings. The molecule has 3 aromatic rings. The Kier molecular flexibility index (Phi) is 5.80. The summed E-state index contributed by atoms with van der Waals surface area (Å²) in [6.07, 6.45) is 0.215. The molecule has 0 bridgehead atoms. The molecular weight excluding hydrogens is 423 g/mol. The number of pyridine rings is 1. The summed E-state index contributed by atoms with van der Waals surface area (Å²) in [6.45, 7) is 2.84. The topological polar surface area (TPSA) is 106 Å². The lowest BCUT2D eigenvalue weighted by molar-refractivity contribution is -0.274. The van der Waals surface area contributed by atoms with Gasteiger partial charge in [0.25, 0.3) is 0 Å². The van der Waals surface area contributed by atoms with Gasteiger partial charge in [0, 0.05) is 50.5 Å². The van der Waals surface area contributed by atoms with Crippen LogP contribution in [0.5, 0.6) is 5.75 Å². The molecule has 0 radical (unpaired) electrons. The highest BCUT2D eigenvalue weighted by atomic mass is 19.4. The Morgan fingerprint density at radius 3 is 2.31 bits per heavy atom. The maximum Gasteiger partial charge on any atom is 0.573 e. The van der Waals surface area contributed by atoms with Crippen molar-refractivity contribution in [3.63, 3.8) is 0 Å². The van der Waals surface area contributed by atoms with Crippen LogP contribution in [0, 0.1) is 0 Å². The van der Waals surface area contributed by atoms with Crippen LogP contribution in [0.25, 0.3) is 0 Å². The number of halogens is 3. The summed E-state index contributed by atoms with van der Waals surface area (Å²) in [6, 6.07) is 8.90. The minimum Gasteiger partial charge on any atom is -0.406 e. The summed E-state index contributed by atoms with van der Waals surface area (Å²) in [4.78, 5) is 17.2. The number of alkyl halides is 3. The van der Waals surface area contributed by atoms with Crippen LogP contribution in [0.3, 0.4) is 0 Å². The molecule has 8 nitrogen and oxygen atoms in total. The molecule has 0 saturated carbocycles. The number of nitrogen functional groups attached to an aromatic ring is 1. The fraction of sp³-hybridized carbons (Fsp3) is 0.238. The number of rotatable bonds is 5. The van der Waals surface area contributed by atoms with Gasteiger partial charge in [0.2, 0.25) is 11.7 Å². The van der Waals surface area contributed by atoms with Crippen LogP contribution in [-0.2, 0) is 0 Å². The van der Waals surface area contributed by atoms with Crippen LogP contribution >= 0.6 is 0 Å². The monoisotopic (exact) mass is 444 g/mol. The fourth-order valence-corrected chi connectivity index (χ4v) is 3.47. The molecule has 1 saturated heterocycles. The van der Waals surface area contributed by atoms with Gasteiger partial charge in [-0.05, 0) is 36.4 Å². The molecule has 0 unspecified atom stereocenters. The normalized spacial score (nSPS) is 14.3. The molecule has 166 valence electrons. The number of hydrogen-bond donors (Lipinski definition) is 2. The van der Waals surface area contributed by atoms with Crippen LogP contribution in [0.15, 0.2) is 55.0 Å². The zero-order valence-corrected chi connectivity index (χ0v) is 17.0. The highest BCUT2D eigenvalue weighted by Crippen LogP contribution is 2.27. The Morgan fingerprint density at radius 1 is 0.938 bits per heavy atom. The zero-order chi connectivity index (χ0) is 22.7. The smallest absolute Gasteiger partial charge is 0.406 e. The second-order valence-electron chi connectivity index (χ2n) is 7.14. The van der Waals surface area contributed by atoms with E-state index < -0.39 is 12.1 Å². The van der Waals surface area contributed by atoms with Crippen molar-refractivity contribution in [1.29, 1.82) is 0 Å². The second-order valence-corrected chi connectivity index (χ2v) is 7.14. The van der Waals surface area contributed by atoms with Gasteiger partial charge in [-0.2, -0.15) is 0 Å². The van der Waals surface area contributed by atoms with E-state index in [1.54, 1.807) is 36.8 Å². The standard InChI is InChI=1S/C21H20F3N7O/c22-21(23,24)32-15-2-3-17(25)16(13-15)19(26)14-4-7-27-18(12-14)30-8-10-31(11-9-30)20-28-5-1-6-29-20/h1-7,12-13,26H,8-11,25H2/p+1. The molecule has 32 heavy (non-hydrogen) atoms. The first-order valence-corrected chi connectivity index (χ1v) is 9.81. The number of benzene rings is 1. The van der Waals surface area contributed by atoms with E-state index in [0.717, 1.165) is 19.2 Å². The van der Waals surface area contributed by atoms with Gasteiger partial charge in [0.05, 0.1) is 11.1 Å². The lowest BCUT2D eigenvalue weighted by Gasteiger charge is -2.35. The van der Waals surface area contributed by atoms with E-state index in [1.807, 2.05) is 0 Å². The molecule has 1 fully saturated rings. The van der Waals surface area contributed by atoms with E-state index in [-0.39, 0.29) is 17.0 Å². The van der Waals surface area contributed by atoms with Gasteiger partial charge in [-0.25, -0.2) is 15.0 Å². The van der Waals surface area contributed by atoms with E-state index in [9.17, 15) is 13.2 Å². The summed E-state index contributed by atoms with van der Waals surface area (Å²) in [5.74, 6) is 1.00. The number of nitrogens with zero attached hydrogens (tertiary/aromatic N) is 5. The first-order chi connectivity index (χ1) is 15.3. The third-order valence-electron chi connectivity index (χ3n) is 5.04. The average Bonchev–Trinajstić information content (AvgIpc) is 2.80. The summed E-state index contributed by atoms with van der Waals surface area (Å²) >= 11 is 0. The molecule has 3 heterocycles. The zero-order valence-electron chi connectivity index (χ0n) is 17.0. The summed E-state index contributed by atoms with van der Waals surface area (Å²) in [7, 11) is 0. The van der Waals surface area contributed by atoms with Crippen molar-refractivity contribution in [3.8, 4) is 5.75 Å². The summed E-state index contributed by atoms with van der Waals surface area (Å²) in [5.41, 5.74) is 7.29. The van der Waals surface area contributed by atoms with Crippen LogP contribution in [0.2, 0.25) is 0 Å². The molecule has 0 aliphatic carbocycles. The third-order valence-corrected chi connectivity index (χ3v) is 5.04. The van der Waals surface area contributed by atoms with Crippen molar-refractivity contribution < 1.29 is 23.3 Å². The Labute approximate surface area is 182 Å². The number of aromatic nitrogens is 3. The van der Waals surface area contributed by atoms with Gasteiger partial charge in [-0.15, -0.1) is 13.2 Å². The second kappa shape index (κ2) is 8.69. The fourth-order valence-electron chi connectivity index (χ4n) is 3.47. The van der Waals surface area contributed by atoms with Crippen molar-refractivity contribution in [2.24, 2.45) is 0 Å². The molecule has 0 spiro atoms. The number of hydrogen-bond acceptors (Lipinski definition) is 7. The predicted molar refractivity (Wildman–Crippen MR) is 113 cm³/mol. The Morgan fingerprint density at radius 2 is 1.62 bits per heavy atom. The van der Waals surface area contributed by atoms with Crippen molar-refractivity contribution in [2.75, 3.05) is 41.7 Å². The van der Waals surface area contributed by atoms with Crippen molar-refractivity contribution in [3.05, 3.63) is 66.1 Å². The van der Waals surface area contributed by atoms with Crippen LogP contribution in [-0.4, -0.2) is 53.2 Å². The molecule has 1 aliphatic heterocycles. The maximum absolute atomic E-state index is 12.6. The molecule has 11 heteroatoms. The molecule has 0 atom stereocenters. The van der Waals surface area contributed by atoms with Gasteiger partial charge >= 0.3 is 6.36 Å².